The van der Waals surface area contributed by atoms with Crippen LogP contribution in [0.15, 0.2) is 24.3 Å². The topological polar surface area (TPSA) is 44.5 Å². The van der Waals surface area contributed by atoms with Gasteiger partial charge in [0.25, 0.3) is 0 Å². The van der Waals surface area contributed by atoms with Gasteiger partial charge in [-0.05, 0) is 24.6 Å². The van der Waals surface area contributed by atoms with E-state index >= 15 is 0 Å². The van der Waals surface area contributed by atoms with Gasteiger partial charge in [0.15, 0.2) is 11.5 Å². The molecule has 0 aliphatic carbocycles. The van der Waals surface area contributed by atoms with Crippen molar-refractivity contribution in [2.75, 3.05) is 13.2 Å². The van der Waals surface area contributed by atoms with Gasteiger partial charge in [-0.2, -0.15) is 8.78 Å². The lowest BCUT2D eigenvalue weighted by Crippen LogP contribution is -2.04. The molecule has 0 spiro atoms. The Labute approximate surface area is 98.8 Å². The number of halogens is 2. The molecule has 0 bridgehead atoms. The summed E-state index contributed by atoms with van der Waals surface area (Å²) in [7, 11) is 0. The molecule has 0 aromatic heterocycles. The van der Waals surface area contributed by atoms with Crippen LogP contribution in [0.4, 0.5) is 8.78 Å². The molecule has 0 amide bonds. The molecule has 17 heavy (non-hydrogen) atoms. The molecule has 0 fully saturated rings. The average molecular weight is 243 g/mol. The fraction of sp³-hybridized carbons (Fsp3) is 0.333. The molecule has 0 heterocycles. The molecule has 0 saturated heterocycles. The summed E-state index contributed by atoms with van der Waals surface area (Å²) in [5.41, 5.74) is 6.15. The van der Waals surface area contributed by atoms with Crippen LogP contribution in [0, 0.1) is 0 Å². The number of hydrogen-bond donors (Lipinski definition) is 1. The quantitative estimate of drug-likeness (QED) is 0.835. The average Bonchev–Trinajstić information content (AvgIpc) is 2.29. The van der Waals surface area contributed by atoms with Crippen molar-refractivity contribution in [1.29, 1.82) is 0 Å². The number of benzene rings is 1. The van der Waals surface area contributed by atoms with E-state index in [1.807, 2.05) is 0 Å². The third-order valence-electron chi connectivity index (χ3n) is 1.93. The Morgan fingerprint density at radius 3 is 2.71 bits per heavy atom. The molecular formula is C12H15F2NO2. The second kappa shape index (κ2) is 6.85. The summed E-state index contributed by atoms with van der Waals surface area (Å²) < 4.78 is 33.9. The predicted molar refractivity (Wildman–Crippen MR) is 62.3 cm³/mol. The van der Waals surface area contributed by atoms with Crippen molar-refractivity contribution in [2.45, 2.75) is 13.5 Å². The van der Waals surface area contributed by atoms with E-state index in [4.69, 9.17) is 10.5 Å². The van der Waals surface area contributed by atoms with E-state index < -0.39 is 6.61 Å². The second-order valence-corrected chi connectivity index (χ2v) is 3.16. The smallest absolute Gasteiger partial charge is 0.387 e. The zero-order valence-corrected chi connectivity index (χ0v) is 9.53. The van der Waals surface area contributed by atoms with Gasteiger partial charge in [0, 0.05) is 6.54 Å². The van der Waals surface area contributed by atoms with Gasteiger partial charge < -0.3 is 15.2 Å². The van der Waals surface area contributed by atoms with Crippen molar-refractivity contribution in [1.82, 2.24) is 0 Å². The van der Waals surface area contributed by atoms with Gasteiger partial charge in [-0.15, -0.1) is 0 Å². The first-order valence-corrected chi connectivity index (χ1v) is 5.25. The SMILES string of the molecule is CCOc1cc(/C=C/CN)ccc1OC(F)F. The fourth-order valence-corrected chi connectivity index (χ4v) is 1.29. The van der Waals surface area contributed by atoms with Gasteiger partial charge in [0.05, 0.1) is 6.61 Å². The molecule has 0 atom stereocenters. The second-order valence-electron chi connectivity index (χ2n) is 3.16. The molecule has 0 unspecified atom stereocenters. The van der Waals surface area contributed by atoms with Crippen LogP contribution in [0.5, 0.6) is 11.5 Å². The summed E-state index contributed by atoms with van der Waals surface area (Å²) in [6.45, 7) is -0.295. The first-order valence-electron chi connectivity index (χ1n) is 5.25. The van der Waals surface area contributed by atoms with E-state index in [0.717, 1.165) is 5.56 Å². The summed E-state index contributed by atoms with van der Waals surface area (Å²) in [6.07, 6.45) is 3.55. The summed E-state index contributed by atoms with van der Waals surface area (Å²) in [5, 5.41) is 0. The van der Waals surface area contributed by atoms with E-state index in [0.29, 0.717) is 18.9 Å². The highest BCUT2D eigenvalue weighted by Crippen LogP contribution is 2.30. The van der Waals surface area contributed by atoms with Crippen molar-refractivity contribution in [3.8, 4) is 11.5 Å². The van der Waals surface area contributed by atoms with Crippen molar-refractivity contribution >= 4 is 6.08 Å². The lowest BCUT2D eigenvalue weighted by molar-refractivity contribution is -0.0514. The highest BCUT2D eigenvalue weighted by molar-refractivity contribution is 5.56. The van der Waals surface area contributed by atoms with Crippen LogP contribution in [0.25, 0.3) is 6.08 Å². The Hall–Kier alpha value is -1.62. The van der Waals surface area contributed by atoms with Crippen molar-refractivity contribution in [3.05, 3.63) is 29.8 Å². The minimum absolute atomic E-state index is 0.0340. The maximum absolute atomic E-state index is 12.1. The van der Waals surface area contributed by atoms with E-state index in [1.54, 1.807) is 31.2 Å². The van der Waals surface area contributed by atoms with E-state index in [2.05, 4.69) is 4.74 Å². The molecule has 94 valence electrons. The Morgan fingerprint density at radius 2 is 2.12 bits per heavy atom. The third kappa shape index (κ3) is 4.40. The normalized spacial score (nSPS) is 11.1. The summed E-state index contributed by atoms with van der Waals surface area (Å²) in [6, 6.07) is 4.74. The lowest BCUT2D eigenvalue weighted by atomic mass is 10.2. The van der Waals surface area contributed by atoms with Crippen LogP contribution < -0.4 is 15.2 Å². The standard InChI is InChI=1S/C12H15F2NO2/c1-2-16-11-8-9(4-3-7-15)5-6-10(11)17-12(13)14/h3-6,8,12H,2,7,15H2,1H3/b4-3+. The summed E-state index contributed by atoms with van der Waals surface area (Å²) in [4.78, 5) is 0. The zero-order chi connectivity index (χ0) is 12.7. The molecular weight excluding hydrogens is 228 g/mol. The molecule has 5 heteroatoms. The number of ether oxygens (including phenoxy) is 2. The van der Waals surface area contributed by atoms with Crippen molar-refractivity contribution < 1.29 is 18.3 Å². The van der Waals surface area contributed by atoms with E-state index in [1.165, 1.54) is 6.07 Å². The highest BCUT2D eigenvalue weighted by Gasteiger charge is 2.10. The summed E-state index contributed by atoms with van der Waals surface area (Å²) >= 11 is 0. The minimum atomic E-state index is -2.86. The zero-order valence-electron chi connectivity index (χ0n) is 9.53. The molecule has 0 radical (unpaired) electrons. The number of nitrogens with two attached hydrogens (primary N) is 1. The Balaban J connectivity index is 2.94. The first-order chi connectivity index (χ1) is 8.17. The molecule has 2 N–H and O–H groups in total. The lowest BCUT2D eigenvalue weighted by Gasteiger charge is -2.11. The van der Waals surface area contributed by atoms with Gasteiger partial charge in [-0.1, -0.05) is 18.2 Å². The van der Waals surface area contributed by atoms with Gasteiger partial charge >= 0.3 is 6.61 Å². The fourth-order valence-electron chi connectivity index (χ4n) is 1.29. The number of alkyl halides is 2. The monoisotopic (exact) mass is 243 g/mol. The largest absolute Gasteiger partial charge is 0.490 e. The Kier molecular flexibility index (Phi) is 5.42. The minimum Gasteiger partial charge on any atom is -0.490 e. The van der Waals surface area contributed by atoms with E-state index in [-0.39, 0.29) is 5.75 Å². The Bertz CT molecular complexity index is 381. The van der Waals surface area contributed by atoms with E-state index in [9.17, 15) is 8.78 Å². The maximum atomic E-state index is 12.1. The van der Waals surface area contributed by atoms with Gasteiger partial charge in [0.2, 0.25) is 0 Å². The molecule has 0 saturated carbocycles. The number of rotatable bonds is 6. The molecule has 0 aliphatic heterocycles. The predicted octanol–water partition coefficient (Wildman–Crippen LogP) is 2.66. The maximum Gasteiger partial charge on any atom is 0.387 e. The van der Waals surface area contributed by atoms with Gasteiger partial charge in [0.1, 0.15) is 0 Å². The Morgan fingerprint density at radius 1 is 1.35 bits per heavy atom. The van der Waals surface area contributed by atoms with Crippen LogP contribution in [-0.2, 0) is 0 Å². The van der Waals surface area contributed by atoms with Crippen molar-refractivity contribution in [3.63, 3.8) is 0 Å². The van der Waals surface area contributed by atoms with Crippen LogP contribution >= 0.6 is 0 Å². The number of hydrogen-bond acceptors (Lipinski definition) is 3. The first kappa shape index (κ1) is 13.4. The molecule has 1 aromatic carbocycles. The molecule has 1 rings (SSSR count). The van der Waals surface area contributed by atoms with Crippen LogP contribution in [0.1, 0.15) is 12.5 Å². The molecule has 3 nitrogen and oxygen atoms in total. The molecule has 1 aromatic rings. The molecule has 0 aliphatic rings. The summed E-state index contributed by atoms with van der Waals surface area (Å²) in [5.74, 6) is 0.332. The highest BCUT2D eigenvalue weighted by atomic mass is 19.3. The third-order valence-corrected chi connectivity index (χ3v) is 1.93. The van der Waals surface area contributed by atoms with Crippen LogP contribution in [0.2, 0.25) is 0 Å². The van der Waals surface area contributed by atoms with Crippen LogP contribution in [0.3, 0.4) is 0 Å². The van der Waals surface area contributed by atoms with Gasteiger partial charge in [-0.25, -0.2) is 0 Å². The van der Waals surface area contributed by atoms with Crippen LogP contribution in [-0.4, -0.2) is 19.8 Å². The van der Waals surface area contributed by atoms with Gasteiger partial charge in [-0.3, -0.25) is 0 Å². The van der Waals surface area contributed by atoms with Crippen molar-refractivity contribution in [2.24, 2.45) is 5.73 Å².